The Kier molecular flexibility index (Phi) is 2.94. The number of hydrogen-bond donors (Lipinski definition) is 0. The molecule has 0 bridgehead atoms. The number of fused-ring (bicyclic) bond motifs is 1. The van der Waals surface area contributed by atoms with E-state index >= 15 is 0 Å². The van der Waals surface area contributed by atoms with Crippen molar-refractivity contribution in [2.75, 3.05) is 11.9 Å². The van der Waals surface area contributed by atoms with Gasteiger partial charge in [-0.2, -0.15) is 14.6 Å². The Morgan fingerprint density at radius 1 is 1.32 bits per heavy atom. The van der Waals surface area contributed by atoms with Gasteiger partial charge in [0.1, 0.15) is 12.1 Å². The third-order valence-corrected chi connectivity index (χ3v) is 3.93. The van der Waals surface area contributed by atoms with E-state index in [0.29, 0.717) is 5.78 Å². The van der Waals surface area contributed by atoms with E-state index in [0.717, 1.165) is 18.1 Å². The van der Waals surface area contributed by atoms with Crippen molar-refractivity contribution in [1.29, 1.82) is 0 Å². The van der Waals surface area contributed by atoms with Crippen molar-refractivity contribution in [3.8, 4) is 0 Å². The van der Waals surface area contributed by atoms with Crippen molar-refractivity contribution in [2.24, 2.45) is 0 Å². The first-order valence-corrected chi connectivity index (χ1v) is 6.89. The third-order valence-electron chi connectivity index (χ3n) is 2.94. The van der Waals surface area contributed by atoms with Crippen LogP contribution in [0.2, 0.25) is 0 Å². The molecule has 0 aliphatic heterocycles. The van der Waals surface area contributed by atoms with E-state index in [1.54, 1.807) is 4.52 Å². The van der Waals surface area contributed by atoms with Crippen molar-refractivity contribution in [1.82, 2.24) is 19.6 Å². The topological polar surface area (TPSA) is 46.3 Å². The van der Waals surface area contributed by atoms with Gasteiger partial charge in [-0.3, -0.25) is 0 Å². The standard InChI is InChI=1S/C13H15N5S/c1-9-6-12(18-13(16-9)14-8-15-18)17(3)7-11-5-4-10(2)19-11/h4-6,8H,7H2,1-3H3. The van der Waals surface area contributed by atoms with Crippen LogP contribution in [0.15, 0.2) is 24.5 Å². The van der Waals surface area contributed by atoms with Gasteiger partial charge in [-0.05, 0) is 26.0 Å². The van der Waals surface area contributed by atoms with Crippen molar-refractivity contribution < 1.29 is 0 Å². The fourth-order valence-electron chi connectivity index (χ4n) is 2.07. The molecule has 6 heteroatoms. The predicted molar refractivity (Wildman–Crippen MR) is 76.7 cm³/mol. The molecule has 0 unspecified atom stereocenters. The lowest BCUT2D eigenvalue weighted by Crippen LogP contribution is -2.19. The number of nitrogens with zero attached hydrogens (tertiary/aromatic N) is 5. The summed E-state index contributed by atoms with van der Waals surface area (Å²) < 4.78 is 1.77. The van der Waals surface area contributed by atoms with Gasteiger partial charge < -0.3 is 4.90 Å². The molecule has 0 spiro atoms. The molecule has 0 fully saturated rings. The Hall–Kier alpha value is -1.95. The second-order valence-electron chi connectivity index (χ2n) is 4.60. The summed E-state index contributed by atoms with van der Waals surface area (Å²) in [4.78, 5) is 13.3. The van der Waals surface area contributed by atoms with Gasteiger partial charge in [-0.25, -0.2) is 4.98 Å². The van der Waals surface area contributed by atoms with Crippen LogP contribution in [0, 0.1) is 13.8 Å². The molecule has 0 aliphatic rings. The molecule has 0 amide bonds. The van der Waals surface area contributed by atoms with E-state index < -0.39 is 0 Å². The molecule has 0 radical (unpaired) electrons. The van der Waals surface area contributed by atoms with Crippen LogP contribution in [0.4, 0.5) is 5.82 Å². The van der Waals surface area contributed by atoms with Gasteiger partial charge in [0.05, 0.1) is 6.54 Å². The minimum atomic E-state index is 0.643. The smallest absolute Gasteiger partial charge is 0.254 e. The average Bonchev–Trinajstić information content (AvgIpc) is 2.96. The average molecular weight is 273 g/mol. The first kappa shape index (κ1) is 12.1. The fraction of sp³-hybridized carbons (Fsp3) is 0.308. The van der Waals surface area contributed by atoms with Gasteiger partial charge >= 0.3 is 0 Å². The summed E-state index contributed by atoms with van der Waals surface area (Å²) in [7, 11) is 2.06. The zero-order chi connectivity index (χ0) is 13.4. The Morgan fingerprint density at radius 2 is 2.16 bits per heavy atom. The van der Waals surface area contributed by atoms with Crippen molar-refractivity contribution in [2.45, 2.75) is 20.4 Å². The lowest BCUT2D eigenvalue weighted by atomic mass is 10.3. The first-order valence-electron chi connectivity index (χ1n) is 6.07. The van der Waals surface area contributed by atoms with Crippen LogP contribution in [0.1, 0.15) is 15.4 Å². The quantitative estimate of drug-likeness (QED) is 0.735. The molecule has 98 valence electrons. The number of aromatic nitrogens is 4. The van der Waals surface area contributed by atoms with E-state index in [2.05, 4.69) is 46.1 Å². The van der Waals surface area contributed by atoms with Gasteiger partial charge in [0.15, 0.2) is 0 Å². The molecule has 0 saturated carbocycles. The molecule has 0 aliphatic carbocycles. The zero-order valence-electron chi connectivity index (χ0n) is 11.2. The van der Waals surface area contributed by atoms with Crippen LogP contribution >= 0.6 is 11.3 Å². The lowest BCUT2D eigenvalue weighted by molar-refractivity contribution is 0.834. The first-order chi connectivity index (χ1) is 9.13. The maximum absolute atomic E-state index is 4.36. The van der Waals surface area contributed by atoms with Gasteiger partial charge in [-0.15, -0.1) is 11.3 Å². The largest absolute Gasteiger partial charge is 0.354 e. The Labute approximate surface area is 115 Å². The van der Waals surface area contributed by atoms with Crippen LogP contribution in [0.5, 0.6) is 0 Å². The summed E-state index contributed by atoms with van der Waals surface area (Å²) in [5.74, 6) is 1.65. The van der Waals surface area contributed by atoms with Crippen LogP contribution < -0.4 is 4.90 Å². The van der Waals surface area contributed by atoms with Gasteiger partial charge in [0.25, 0.3) is 5.78 Å². The van der Waals surface area contributed by atoms with Gasteiger partial charge in [0, 0.05) is 28.6 Å². The van der Waals surface area contributed by atoms with Crippen LogP contribution in [0.25, 0.3) is 5.78 Å². The Balaban J connectivity index is 1.96. The van der Waals surface area contributed by atoms with E-state index in [1.807, 2.05) is 24.3 Å². The molecule has 0 aromatic carbocycles. The highest BCUT2D eigenvalue weighted by molar-refractivity contribution is 7.11. The predicted octanol–water partition coefficient (Wildman–Crippen LogP) is 2.44. The van der Waals surface area contributed by atoms with E-state index in [-0.39, 0.29) is 0 Å². The summed E-state index contributed by atoms with van der Waals surface area (Å²) in [6.45, 7) is 4.96. The Bertz CT molecular complexity index is 715. The number of aryl methyl sites for hydroxylation is 2. The molecular weight excluding hydrogens is 258 g/mol. The van der Waals surface area contributed by atoms with Gasteiger partial charge in [-0.1, -0.05) is 0 Å². The fourth-order valence-corrected chi connectivity index (χ4v) is 3.01. The highest BCUT2D eigenvalue weighted by Gasteiger charge is 2.11. The molecule has 3 aromatic rings. The van der Waals surface area contributed by atoms with Crippen LogP contribution in [-0.4, -0.2) is 26.6 Å². The lowest BCUT2D eigenvalue weighted by Gasteiger charge is -2.19. The van der Waals surface area contributed by atoms with Crippen molar-refractivity contribution in [3.63, 3.8) is 0 Å². The van der Waals surface area contributed by atoms with E-state index in [1.165, 1.54) is 16.1 Å². The molecule has 19 heavy (non-hydrogen) atoms. The van der Waals surface area contributed by atoms with E-state index in [9.17, 15) is 0 Å². The minimum absolute atomic E-state index is 0.643. The number of rotatable bonds is 3. The SMILES string of the molecule is Cc1cc(N(C)Cc2ccc(C)s2)n2ncnc2n1. The molecule has 5 nitrogen and oxygen atoms in total. The molecule has 3 rings (SSSR count). The van der Waals surface area contributed by atoms with Crippen molar-refractivity contribution >= 4 is 22.9 Å². The summed E-state index contributed by atoms with van der Waals surface area (Å²) in [6, 6.07) is 6.35. The number of anilines is 1. The molecule has 0 saturated heterocycles. The molecule has 3 aromatic heterocycles. The molecule has 3 heterocycles. The molecule has 0 N–H and O–H groups in total. The van der Waals surface area contributed by atoms with Crippen LogP contribution in [0.3, 0.4) is 0 Å². The zero-order valence-corrected chi connectivity index (χ0v) is 12.0. The summed E-state index contributed by atoms with van der Waals surface area (Å²) in [5, 5.41) is 4.23. The highest BCUT2D eigenvalue weighted by atomic mass is 32.1. The third kappa shape index (κ3) is 2.31. The van der Waals surface area contributed by atoms with E-state index in [4.69, 9.17) is 0 Å². The minimum Gasteiger partial charge on any atom is -0.354 e. The molecular formula is C13H15N5S. The second-order valence-corrected chi connectivity index (χ2v) is 5.97. The highest BCUT2D eigenvalue weighted by Crippen LogP contribution is 2.21. The summed E-state index contributed by atoms with van der Waals surface area (Å²) in [5.41, 5.74) is 0.949. The second kappa shape index (κ2) is 4.62. The maximum atomic E-state index is 4.36. The normalized spacial score (nSPS) is 11.1. The summed E-state index contributed by atoms with van der Waals surface area (Å²) in [6.07, 6.45) is 1.54. The number of thiophene rings is 1. The molecule has 0 atom stereocenters. The van der Waals surface area contributed by atoms with Crippen molar-refractivity contribution in [3.05, 3.63) is 40.0 Å². The Morgan fingerprint density at radius 3 is 2.89 bits per heavy atom. The van der Waals surface area contributed by atoms with Gasteiger partial charge in [0.2, 0.25) is 0 Å². The monoisotopic (exact) mass is 273 g/mol. The van der Waals surface area contributed by atoms with Crippen LogP contribution in [-0.2, 0) is 6.54 Å². The maximum Gasteiger partial charge on any atom is 0.254 e. The number of hydrogen-bond acceptors (Lipinski definition) is 5. The summed E-state index contributed by atoms with van der Waals surface area (Å²) >= 11 is 1.82.